The highest BCUT2D eigenvalue weighted by Gasteiger charge is 2.40. The Morgan fingerprint density at radius 2 is 2.07 bits per heavy atom. The van der Waals surface area contributed by atoms with E-state index >= 15 is 0 Å². The Labute approximate surface area is 167 Å². The molecule has 0 saturated heterocycles. The summed E-state index contributed by atoms with van der Waals surface area (Å²) in [6, 6.07) is 8.08. The summed E-state index contributed by atoms with van der Waals surface area (Å²) in [5.41, 5.74) is 3.98. The topological polar surface area (TPSA) is 81.5 Å². The Kier molecular flexibility index (Phi) is 4.59. The molecule has 0 spiro atoms. The Morgan fingerprint density at radius 3 is 2.79 bits per heavy atom. The summed E-state index contributed by atoms with van der Waals surface area (Å²) < 4.78 is 4.89. The van der Waals surface area contributed by atoms with Crippen molar-refractivity contribution >= 4 is 28.9 Å². The van der Waals surface area contributed by atoms with Gasteiger partial charge in [-0.1, -0.05) is 29.8 Å². The maximum absolute atomic E-state index is 12.1. The van der Waals surface area contributed by atoms with E-state index in [1.54, 1.807) is 18.2 Å². The Balaban J connectivity index is 1.85. The third-order valence-electron chi connectivity index (χ3n) is 5.73. The summed E-state index contributed by atoms with van der Waals surface area (Å²) >= 11 is 6.44. The number of esters is 1. The van der Waals surface area contributed by atoms with Gasteiger partial charge in [-0.2, -0.15) is 0 Å². The summed E-state index contributed by atoms with van der Waals surface area (Å²) in [7, 11) is 1.36. The molecule has 28 heavy (non-hydrogen) atoms. The first kappa shape index (κ1) is 18.5. The quantitative estimate of drug-likeness (QED) is 0.334. The number of carbonyl (C=O) groups is 1. The van der Waals surface area contributed by atoms with Crippen LogP contribution in [0.15, 0.2) is 42.5 Å². The van der Waals surface area contributed by atoms with Crippen molar-refractivity contribution in [2.45, 2.75) is 25.3 Å². The SMILES string of the molecule is COC(=O)c1ccc2c(c1C)N[C@H](c1cc([N+](=O)[O-])ccc1Cl)[C@@H]1CC=C[C@H]21. The summed E-state index contributed by atoms with van der Waals surface area (Å²) in [6.07, 6.45) is 5.15. The van der Waals surface area contributed by atoms with Crippen LogP contribution in [0.4, 0.5) is 11.4 Å². The van der Waals surface area contributed by atoms with Crippen LogP contribution in [0.5, 0.6) is 0 Å². The number of anilines is 1. The zero-order valence-electron chi connectivity index (χ0n) is 15.4. The molecule has 7 heteroatoms. The third-order valence-corrected chi connectivity index (χ3v) is 6.07. The smallest absolute Gasteiger partial charge is 0.338 e. The van der Waals surface area contributed by atoms with Gasteiger partial charge in [-0.15, -0.1) is 0 Å². The minimum atomic E-state index is -0.415. The number of nitrogens with one attached hydrogen (secondary N) is 1. The third kappa shape index (κ3) is 2.85. The largest absolute Gasteiger partial charge is 0.465 e. The van der Waals surface area contributed by atoms with Gasteiger partial charge >= 0.3 is 5.97 Å². The van der Waals surface area contributed by atoms with Crippen LogP contribution < -0.4 is 5.32 Å². The van der Waals surface area contributed by atoms with Crippen molar-refractivity contribution in [3.8, 4) is 0 Å². The van der Waals surface area contributed by atoms with Gasteiger partial charge < -0.3 is 10.1 Å². The van der Waals surface area contributed by atoms with Crippen LogP contribution in [0, 0.1) is 23.0 Å². The molecule has 4 rings (SSSR count). The molecule has 1 heterocycles. The number of methoxy groups -OCH3 is 1. The molecule has 0 bridgehead atoms. The van der Waals surface area contributed by atoms with Crippen molar-refractivity contribution in [3.63, 3.8) is 0 Å². The molecular formula is C21H19ClN2O4. The van der Waals surface area contributed by atoms with Crippen LogP contribution in [0.3, 0.4) is 0 Å². The number of allylic oxidation sites excluding steroid dienone is 2. The number of nitrogens with zero attached hydrogens (tertiary/aromatic N) is 1. The molecule has 1 aliphatic carbocycles. The van der Waals surface area contributed by atoms with E-state index in [0.717, 1.165) is 23.2 Å². The van der Waals surface area contributed by atoms with E-state index in [9.17, 15) is 14.9 Å². The molecule has 2 aromatic carbocycles. The van der Waals surface area contributed by atoms with Crippen molar-refractivity contribution in [3.05, 3.63) is 79.9 Å². The van der Waals surface area contributed by atoms with Crippen molar-refractivity contribution < 1.29 is 14.5 Å². The molecule has 2 aliphatic rings. The Bertz CT molecular complexity index is 1020. The molecule has 0 saturated carbocycles. The molecule has 2 aromatic rings. The number of hydrogen-bond acceptors (Lipinski definition) is 5. The van der Waals surface area contributed by atoms with Gasteiger partial charge in [0.15, 0.2) is 0 Å². The standard InChI is InChI=1S/C21H19ClN2O4/c1-11-13(21(25)28-2)7-8-16-14-4-3-5-15(14)20(23-19(11)16)17-10-12(24(26)27)6-9-18(17)22/h3-4,6-10,14-15,20,23H,5H2,1-2H3/t14-,15+,20-/m0/s1. The molecule has 6 nitrogen and oxygen atoms in total. The van der Waals surface area contributed by atoms with Crippen LogP contribution in [0.25, 0.3) is 0 Å². The molecule has 0 amide bonds. The number of hydrogen-bond donors (Lipinski definition) is 1. The highest BCUT2D eigenvalue weighted by molar-refractivity contribution is 6.31. The number of carbonyl (C=O) groups excluding carboxylic acids is 1. The first-order chi connectivity index (χ1) is 13.4. The lowest BCUT2D eigenvalue weighted by atomic mass is 9.76. The van der Waals surface area contributed by atoms with E-state index in [4.69, 9.17) is 16.3 Å². The number of halogens is 1. The van der Waals surface area contributed by atoms with Crippen LogP contribution in [0.2, 0.25) is 5.02 Å². The number of non-ortho nitro benzene ring substituents is 1. The second kappa shape index (κ2) is 6.95. The average Bonchev–Trinajstić information content (AvgIpc) is 3.17. The number of rotatable bonds is 3. The van der Waals surface area contributed by atoms with E-state index in [2.05, 4.69) is 17.5 Å². The molecule has 0 radical (unpaired) electrons. The molecule has 1 aliphatic heterocycles. The van der Waals surface area contributed by atoms with Gasteiger partial charge in [0.25, 0.3) is 5.69 Å². The first-order valence-electron chi connectivity index (χ1n) is 9.01. The van der Waals surface area contributed by atoms with Crippen LogP contribution in [0.1, 0.15) is 45.4 Å². The van der Waals surface area contributed by atoms with Crippen molar-refractivity contribution in [2.75, 3.05) is 12.4 Å². The minimum absolute atomic E-state index is 0.00883. The zero-order valence-corrected chi connectivity index (χ0v) is 16.2. The Morgan fingerprint density at radius 1 is 1.29 bits per heavy atom. The predicted octanol–water partition coefficient (Wildman–Crippen LogP) is 5.17. The number of fused-ring (bicyclic) bond motifs is 3. The normalized spacial score (nSPS) is 22.2. The monoisotopic (exact) mass is 398 g/mol. The number of nitro groups is 1. The van der Waals surface area contributed by atoms with Gasteiger partial charge in [-0.3, -0.25) is 10.1 Å². The van der Waals surface area contributed by atoms with Crippen LogP contribution >= 0.6 is 11.6 Å². The molecule has 144 valence electrons. The summed E-state index contributed by atoms with van der Waals surface area (Å²) in [5, 5.41) is 15.3. The van der Waals surface area contributed by atoms with Crippen LogP contribution in [-0.2, 0) is 4.74 Å². The second-order valence-electron chi connectivity index (χ2n) is 7.13. The van der Waals surface area contributed by atoms with E-state index in [1.807, 2.05) is 13.0 Å². The molecule has 0 unspecified atom stereocenters. The average molecular weight is 399 g/mol. The molecule has 3 atom stereocenters. The predicted molar refractivity (Wildman–Crippen MR) is 107 cm³/mol. The molecule has 0 fully saturated rings. The van der Waals surface area contributed by atoms with E-state index in [-0.39, 0.29) is 23.6 Å². The lowest BCUT2D eigenvalue weighted by Gasteiger charge is -2.38. The van der Waals surface area contributed by atoms with Gasteiger partial charge in [0, 0.05) is 34.3 Å². The van der Waals surface area contributed by atoms with Gasteiger partial charge in [-0.05, 0) is 42.5 Å². The number of benzene rings is 2. The van der Waals surface area contributed by atoms with Crippen molar-refractivity contribution in [1.29, 1.82) is 0 Å². The maximum atomic E-state index is 12.1. The number of ether oxygens (including phenoxy) is 1. The zero-order chi connectivity index (χ0) is 20.0. The minimum Gasteiger partial charge on any atom is -0.465 e. The fourth-order valence-electron chi connectivity index (χ4n) is 4.34. The second-order valence-corrected chi connectivity index (χ2v) is 7.54. The highest BCUT2D eigenvalue weighted by atomic mass is 35.5. The highest BCUT2D eigenvalue weighted by Crippen LogP contribution is 2.52. The number of nitro benzene ring substituents is 1. The van der Waals surface area contributed by atoms with E-state index < -0.39 is 10.9 Å². The van der Waals surface area contributed by atoms with Crippen LogP contribution in [-0.4, -0.2) is 18.0 Å². The lowest BCUT2D eigenvalue weighted by Crippen LogP contribution is -2.30. The molecular weight excluding hydrogens is 380 g/mol. The maximum Gasteiger partial charge on any atom is 0.338 e. The van der Waals surface area contributed by atoms with E-state index in [1.165, 1.54) is 13.2 Å². The molecule has 0 aromatic heterocycles. The first-order valence-corrected chi connectivity index (χ1v) is 9.39. The van der Waals surface area contributed by atoms with E-state index in [0.29, 0.717) is 16.1 Å². The van der Waals surface area contributed by atoms with Gasteiger partial charge in [0.1, 0.15) is 0 Å². The van der Waals surface area contributed by atoms with Crippen molar-refractivity contribution in [1.82, 2.24) is 0 Å². The van der Waals surface area contributed by atoms with Gasteiger partial charge in [-0.25, -0.2) is 4.79 Å². The molecule has 1 N–H and O–H groups in total. The fraction of sp³-hybridized carbons (Fsp3) is 0.286. The fourth-order valence-corrected chi connectivity index (χ4v) is 4.57. The van der Waals surface area contributed by atoms with Crippen molar-refractivity contribution in [2.24, 2.45) is 5.92 Å². The lowest BCUT2D eigenvalue weighted by molar-refractivity contribution is -0.384. The summed E-state index contributed by atoms with van der Waals surface area (Å²) in [6.45, 7) is 1.88. The summed E-state index contributed by atoms with van der Waals surface area (Å²) in [4.78, 5) is 23.0. The van der Waals surface area contributed by atoms with Gasteiger partial charge in [0.2, 0.25) is 0 Å². The summed E-state index contributed by atoms with van der Waals surface area (Å²) in [5.74, 6) is -0.0477. The Hall–Kier alpha value is -2.86. The van der Waals surface area contributed by atoms with Gasteiger partial charge in [0.05, 0.1) is 23.6 Å².